The summed E-state index contributed by atoms with van der Waals surface area (Å²) in [7, 11) is 0. The van der Waals surface area contributed by atoms with Crippen LogP contribution in [0.15, 0.2) is 0 Å². The van der Waals surface area contributed by atoms with Gasteiger partial charge in [-0.3, -0.25) is 4.79 Å². The molecule has 0 aromatic rings. The minimum absolute atomic E-state index is 0.0104. The quantitative estimate of drug-likeness (QED) is 0.758. The molecule has 1 N–H and O–H groups in total. The first kappa shape index (κ1) is 12.8. The van der Waals surface area contributed by atoms with E-state index >= 15 is 0 Å². The molecule has 1 unspecified atom stereocenters. The number of hydrogen-bond donors (Lipinski definition) is 1. The van der Waals surface area contributed by atoms with Crippen molar-refractivity contribution < 1.29 is 14.3 Å². The van der Waals surface area contributed by atoms with E-state index in [2.05, 4.69) is 12.2 Å². The van der Waals surface area contributed by atoms with Crippen LogP contribution in [-0.2, 0) is 14.3 Å². The molecule has 2 aliphatic rings. The lowest BCUT2D eigenvalue weighted by Crippen LogP contribution is -2.38. The summed E-state index contributed by atoms with van der Waals surface area (Å²) < 4.78 is 10.9. The zero-order valence-corrected chi connectivity index (χ0v) is 10.7. The maximum absolute atomic E-state index is 12.3. The Morgan fingerprint density at radius 3 is 2.82 bits per heavy atom. The third kappa shape index (κ3) is 2.99. The summed E-state index contributed by atoms with van der Waals surface area (Å²) in [4.78, 5) is 12.3. The molecule has 0 radical (unpaired) electrons. The SMILES string of the molecule is CCCC1(C(=O)OC2CCOCC2)CCNC1. The largest absolute Gasteiger partial charge is 0.462 e. The van der Waals surface area contributed by atoms with Crippen LogP contribution < -0.4 is 5.32 Å². The highest BCUT2D eigenvalue weighted by Crippen LogP contribution is 2.33. The molecule has 4 nitrogen and oxygen atoms in total. The molecule has 0 aliphatic carbocycles. The van der Waals surface area contributed by atoms with Crippen molar-refractivity contribution in [1.82, 2.24) is 5.32 Å². The third-order valence-electron chi connectivity index (χ3n) is 3.85. The number of rotatable bonds is 4. The second-order valence-electron chi connectivity index (χ2n) is 5.17. The minimum Gasteiger partial charge on any atom is -0.462 e. The van der Waals surface area contributed by atoms with Crippen molar-refractivity contribution in [2.45, 2.75) is 45.1 Å². The Morgan fingerprint density at radius 2 is 2.24 bits per heavy atom. The van der Waals surface area contributed by atoms with Crippen LogP contribution in [0.25, 0.3) is 0 Å². The molecule has 1 atom stereocenters. The molecule has 0 bridgehead atoms. The van der Waals surface area contributed by atoms with Gasteiger partial charge in [0.05, 0.1) is 18.6 Å². The van der Waals surface area contributed by atoms with Crippen molar-refractivity contribution in [2.24, 2.45) is 5.41 Å². The van der Waals surface area contributed by atoms with Crippen LogP contribution in [0.2, 0.25) is 0 Å². The maximum atomic E-state index is 12.3. The molecule has 0 aromatic carbocycles. The van der Waals surface area contributed by atoms with Gasteiger partial charge in [-0.1, -0.05) is 13.3 Å². The first-order valence-electron chi connectivity index (χ1n) is 6.76. The first-order valence-corrected chi connectivity index (χ1v) is 6.76. The summed E-state index contributed by atoms with van der Waals surface area (Å²) in [5.74, 6) is 0.0104. The fourth-order valence-corrected chi connectivity index (χ4v) is 2.78. The van der Waals surface area contributed by atoms with Gasteiger partial charge >= 0.3 is 5.97 Å². The standard InChI is InChI=1S/C13H23NO3/c1-2-5-13(6-7-14-10-13)12(15)17-11-3-8-16-9-4-11/h11,14H,2-10H2,1H3. The van der Waals surface area contributed by atoms with Gasteiger partial charge < -0.3 is 14.8 Å². The summed E-state index contributed by atoms with van der Waals surface area (Å²) >= 11 is 0. The lowest BCUT2D eigenvalue weighted by molar-refractivity contribution is -0.165. The highest BCUT2D eigenvalue weighted by atomic mass is 16.6. The second-order valence-corrected chi connectivity index (χ2v) is 5.17. The molecular weight excluding hydrogens is 218 g/mol. The molecule has 0 amide bonds. The Bertz CT molecular complexity index is 255. The highest BCUT2D eigenvalue weighted by molar-refractivity contribution is 5.77. The average molecular weight is 241 g/mol. The molecule has 17 heavy (non-hydrogen) atoms. The fourth-order valence-electron chi connectivity index (χ4n) is 2.78. The van der Waals surface area contributed by atoms with Crippen LogP contribution >= 0.6 is 0 Å². The van der Waals surface area contributed by atoms with Gasteiger partial charge in [-0.25, -0.2) is 0 Å². The second kappa shape index (κ2) is 5.83. The van der Waals surface area contributed by atoms with Gasteiger partial charge in [0.25, 0.3) is 0 Å². The summed E-state index contributed by atoms with van der Waals surface area (Å²) in [5, 5.41) is 3.29. The zero-order valence-electron chi connectivity index (χ0n) is 10.7. The summed E-state index contributed by atoms with van der Waals surface area (Å²) in [5.41, 5.74) is -0.257. The van der Waals surface area contributed by atoms with Crippen molar-refractivity contribution in [3.8, 4) is 0 Å². The van der Waals surface area contributed by atoms with Crippen LogP contribution in [0.3, 0.4) is 0 Å². The number of esters is 1. The van der Waals surface area contributed by atoms with Crippen LogP contribution in [0.4, 0.5) is 0 Å². The van der Waals surface area contributed by atoms with E-state index in [1.807, 2.05) is 0 Å². The van der Waals surface area contributed by atoms with Crippen LogP contribution in [0.1, 0.15) is 39.0 Å². The molecule has 0 aromatic heterocycles. The van der Waals surface area contributed by atoms with Crippen LogP contribution in [-0.4, -0.2) is 38.4 Å². The van der Waals surface area contributed by atoms with E-state index in [9.17, 15) is 4.79 Å². The van der Waals surface area contributed by atoms with Crippen molar-refractivity contribution in [3.05, 3.63) is 0 Å². The third-order valence-corrected chi connectivity index (χ3v) is 3.85. The van der Waals surface area contributed by atoms with Gasteiger partial charge in [-0.05, 0) is 19.4 Å². The van der Waals surface area contributed by atoms with Gasteiger partial charge in [-0.2, -0.15) is 0 Å². The Balaban J connectivity index is 1.91. The van der Waals surface area contributed by atoms with Crippen molar-refractivity contribution in [3.63, 3.8) is 0 Å². The molecule has 2 aliphatic heterocycles. The van der Waals surface area contributed by atoms with Crippen LogP contribution in [0, 0.1) is 5.41 Å². The predicted octanol–water partition coefficient (Wildman–Crippen LogP) is 1.49. The van der Waals surface area contributed by atoms with Gasteiger partial charge in [0.15, 0.2) is 0 Å². The van der Waals surface area contributed by atoms with Gasteiger partial charge in [0, 0.05) is 19.4 Å². The monoisotopic (exact) mass is 241 g/mol. The lowest BCUT2D eigenvalue weighted by Gasteiger charge is -2.30. The zero-order chi connectivity index (χ0) is 12.1. The minimum atomic E-state index is -0.257. The van der Waals surface area contributed by atoms with E-state index in [-0.39, 0.29) is 17.5 Å². The van der Waals surface area contributed by atoms with E-state index in [1.54, 1.807) is 0 Å². The maximum Gasteiger partial charge on any atom is 0.313 e. The number of carbonyl (C=O) groups excluding carboxylic acids is 1. The average Bonchev–Trinajstić information content (AvgIpc) is 2.81. The van der Waals surface area contributed by atoms with Gasteiger partial charge in [0.1, 0.15) is 6.10 Å². The van der Waals surface area contributed by atoms with E-state index < -0.39 is 0 Å². The molecule has 2 saturated heterocycles. The normalized spacial score (nSPS) is 30.4. The smallest absolute Gasteiger partial charge is 0.313 e. The van der Waals surface area contributed by atoms with Gasteiger partial charge in [0.2, 0.25) is 0 Å². The van der Waals surface area contributed by atoms with Crippen molar-refractivity contribution in [2.75, 3.05) is 26.3 Å². The Morgan fingerprint density at radius 1 is 1.47 bits per heavy atom. The number of carbonyl (C=O) groups is 1. The van der Waals surface area contributed by atoms with Gasteiger partial charge in [-0.15, -0.1) is 0 Å². The summed E-state index contributed by atoms with van der Waals surface area (Å²) in [6.07, 6.45) is 4.66. The molecular formula is C13H23NO3. The highest BCUT2D eigenvalue weighted by Gasteiger charge is 2.42. The van der Waals surface area contributed by atoms with Crippen LogP contribution in [0.5, 0.6) is 0 Å². The van der Waals surface area contributed by atoms with E-state index in [0.717, 1.165) is 58.4 Å². The predicted molar refractivity (Wildman–Crippen MR) is 64.8 cm³/mol. The number of ether oxygens (including phenoxy) is 2. The molecule has 2 rings (SSSR count). The molecule has 98 valence electrons. The Labute approximate surface area is 103 Å². The van der Waals surface area contributed by atoms with E-state index in [4.69, 9.17) is 9.47 Å². The van der Waals surface area contributed by atoms with E-state index in [1.165, 1.54) is 0 Å². The van der Waals surface area contributed by atoms with E-state index in [0.29, 0.717) is 0 Å². The topological polar surface area (TPSA) is 47.6 Å². The van der Waals surface area contributed by atoms with Crippen molar-refractivity contribution >= 4 is 5.97 Å². The number of hydrogen-bond acceptors (Lipinski definition) is 4. The number of nitrogens with one attached hydrogen (secondary N) is 1. The molecule has 0 spiro atoms. The fraction of sp³-hybridized carbons (Fsp3) is 0.923. The Hall–Kier alpha value is -0.610. The molecule has 2 heterocycles. The molecule has 0 saturated carbocycles. The Kier molecular flexibility index (Phi) is 4.40. The molecule has 4 heteroatoms. The van der Waals surface area contributed by atoms with Crippen molar-refractivity contribution in [1.29, 1.82) is 0 Å². The lowest BCUT2D eigenvalue weighted by atomic mass is 9.82. The summed E-state index contributed by atoms with van der Waals surface area (Å²) in [6, 6.07) is 0. The molecule has 2 fully saturated rings. The summed E-state index contributed by atoms with van der Waals surface area (Å²) in [6.45, 7) is 5.28. The first-order chi connectivity index (χ1) is 8.27.